The Labute approximate surface area is 170 Å². The van der Waals surface area contributed by atoms with Crippen LogP contribution in [0.4, 0.5) is 17.5 Å². The Hall–Kier alpha value is -2.93. The molecule has 2 N–H and O–H groups in total. The van der Waals surface area contributed by atoms with E-state index in [-0.39, 0.29) is 12.4 Å². The summed E-state index contributed by atoms with van der Waals surface area (Å²) in [4.78, 5) is 13.8. The monoisotopic (exact) mass is 401 g/mol. The lowest BCUT2D eigenvalue weighted by atomic mass is 10.2. The van der Waals surface area contributed by atoms with Crippen molar-refractivity contribution in [2.24, 2.45) is 0 Å². The summed E-state index contributed by atoms with van der Waals surface area (Å²) in [5.41, 5.74) is 8.21. The predicted octanol–water partition coefficient (Wildman–Crippen LogP) is 2.98. The number of piperazine rings is 1. The largest absolute Gasteiger partial charge is 0.493 e. The fourth-order valence-electron chi connectivity index (χ4n) is 3.41. The average Bonchev–Trinajstić information content (AvgIpc) is 2.73. The first-order valence-electron chi connectivity index (χ1n) is 8.94. The predicted molar refractivity (Wildman–Crippen MR) is 115 cm³/mol. The highest BCUT2D eigenvalue weighted by Gasteiger charge is 2.21. The number of fused-ring (bicyclic) bond motifs is 1. The van der Waals surface area contributed by atoms with Gasteiger partial charge in [-0.15, -0.1) is 12.4 Å². The van der Waals surface area contributed by atoms with Crippen LogP contribution in [-0.2, 0) is 0 Å². The number of rotatable bonds is 4. The molecule has 148 valence electrons. The van der Waals surface area contributed by atoms with E-state index in [9.17, 15) is 0 Å². The third-order valence-electron chi connectivity index (χ3n) is 4.90. The highest BCUT2D eigenvalue weighted by molar-refractivity contribution is 5.91. The Morgan fingerprint density at radius 1 is 0.857 bits per heavy atom. The van der Waals surface area contributed by atoms with Crippen molar-refractivity contribution in [1.82, 2.24) is 9.97 Å². The zero-order valence-corrected chi connectivity index (χ0v) is 16.8. The minimum Gasteiger partial charge on any atom is -0.493 e. The molecule has 8 heteroatoms. The standard InChI is InChI=1S/C20H23N5O2.ClH/c1-26-17-12-15-16(13-18(17)27-2)22-20(23-19(15)21)25-10-8-24(9-11-25)14-6-4-3-5-7-14;/h3-7,12-13H,8-11H2,1-2H3,(H2,21,22,23);1H. The molecule has 0 atom stereocenters. The van der Waals surface area contributed by atoms with Crippen LogP contribution in [0.25, 0.3) is 10.9 Å². The number of nitrogens with two attached hydrogens (primary N) is 1. The van der Waals surface area contributed by atoms with E-state index in [0.717, 1.165) is 37.1 Å². The average molecular weight is 402 g/mol. The van der Waals surface area contributed by atoms with Crippen molar-refractivity contribution in [1.29, 1.82) is 0 Å². The maximum absolute atomic E-state index is 6.21. The molecule has 1 aliphatic heterocycles. The summed E-state index contributed by atoms with van der Waals surface area (Å²) in [6.07, 6.45) is 0. The highest BCUT2D eigenvalue weighted by Crippen LogP contribution is 2.34. The van der Waals surface area contributed by atoms with Gasteiger partial charge in [-0.1, -0.05) is 18.2 Å². The summed E-state index contributed by atoms with van der Waals surface area (Å²) in [6, 6.07) is 14.1. The number of nitrogens with zero attached hydrogens (tertiary/aromatic N) is 4. The summed E-state index contributed by atoms with van der Waals surface area (Å²) >= 11 is 0. The second-order valence-electron chi connectivity index (χ2n) is 6.44. The van der Waals surface area contributed by atoms with Gasteiger partial charge in [-0.05, 0) is 18.2 Å². The maximum atomic E-state index is 6.21. The van der Waals surface area contributed by atoms with Gasteiger partial charge in [-0.3, -0.25) is 0 Å². The molecule has 2 aromatic carbocycles. The van der Waals surface area contributed by atoms with Crippen LogP contribution in [0.1, 0.15) is 0 Å². The van der Waals surface area contributed by atoms with E-state index >= 15 is 0 Å². The lowest BCUT2D eigenvalue weighted by Crippen LogP contribution is -2.47. The van der Waals surface area contributed by atoms with Gasteiger partial charge in [0.1, 0.15) is 5.82 Å². The molecule has 0 amide bonds. The number of ether oxygens (including phenoxy) is 2. The molecular weight excluding hydrogens is 378 g/mol. The van der Waals surface area contributed by atoms with E-state index in [1.807, 2.05) is 18.2 Å². The molecule has 7 nitrogen and oxygen atoms in total. The Morgan fingerprint density at radius 2 is 1.46 bits per heavy atom. The van der Waals surface area contributed by atoms with E-state index in [2.05, 4.69) is 39.0 Å². The molecule has 0 radical (unpaired) electrons. The molecule has 0 saturated carbocycles. The lowest BCUT2D eigenvalue weighted by molar-refractivity contribution is 0.356. The second kappa shape index (κ2) is 8.39. The van der Waals surface area contributed by atoms with Crippen LogP contribution in [-0.4, -0.2) is 50.4 Å². The van der Waals surface area contributed by atoms with E-state index < -0.39 is 0 Å². The van der Waals surface area contributed by atoms with Crippen molar-refractivity contribution >= 4 is 40.8 Å². The maximum Gasteiger partial charge on any atom is 0.228 e. The quantitative estimate of drug-likeness (QED) is 0.720. The van der Waals surface area contributed by atoms with Gasteiger partial charge in [0.05, 0.1) is 19.7 Å². The summed E-state index contributed by atoms with van der Waals surface area (Å²) in [5.74, 6) is 2.34. The van der Waals surface area contributed by atoms with Crippen LogP contribution >= 0.6 is 12.4 Å². The molecule has 0 bridgehead atoms. The molecule has 28 heavy (non-hydrogen) atoms. The molecule has 0 aliphatic carbocycles. The first-order chi connectivity index (χ1) is 13.2. The Bertz CT molecular complexity index is 946. The van der Waals surface area contributed by atoms with Crippen LogP contribution in [0.2, 0.25) is 0 Å². The number of nitrogen functional groups attached to an aromatic ring is 1. The van der Waals surface area contributed by atoms with Gasteiger partial charge < -0.3 is 25.0 Å². The molecule has 0 spiro atoms. The molecule has 1 fully saturated rings. The first-order valence-corrected chi connectivity index (χ1v) is 8.94. The third-order valence-corrected chi connectivity index (χ3v) is 4.90. The fourth-order valence-corrected chi connectivity index (χ4v) is 3.41. The number of methoxy groups -OCH3 is 2. The van der Waals surface area contributed by atoms with Crippen LogP contribution in [0, 0.1) is 0 Å². The Kier molecular flexibility index (Phi) is 5.94. The highest BCUT2D eigenvalue weighted by atomic mass is 35.5. The summed E-state index contributed by atoms with van der Waals surface area (Å²) < 4.78 is 10.7. The second-order valence-corrected chi connectivity index (χ2v) is 6.44. The van der Waals surface area contributed by atoms with Gasteiger partial charge in [0.15, 0.2) is 11.5 Å². The van der Waals surface area contributed by atoms with Crippen molar-refractivity contribution in [3.63, 3.8) is 0 Å². The van der Waals surface area contributed by atoms with Gasteiger partial charge in [-0.2, -0.15) is 4.98 Å². The lowest BCUT2D eigenvalue weighted by Gasteiger charge is -2.36. The molecule has 1 saturated heterocycles. The number of aromatic nitrogens is 2. The zero-order valence-electron chi connectivity index (χ0n) is 16.0. The van der Waals surface area contributed by atoms with Gasteiger partial charge in [0, 0.05) is 43.3 Å². The summed E-state index contributed by atoms with van der Waals surface area (Å²) in [6.45, 7) is 3.51. The number of para-hydroxylation sites is 1. The van der Waals surface area contributed by atoms with Crippen molar-refractivity contribution < 1.29 is 9.47 Å². The van der Waals surface area contributed by atoms with Gasteiger partial charge in [0.25, 0.3) is 0 Å². The number of halogens is 1. The molecular formula is C20H24ClN5O2. The van der Waals surface area contributed by atoms with Gasteiger partial charge in [0.2, 0.25) is 5.95 Å². The molecule has 2 heterocycles. The minimum atomic E-state index is 0. The van der Waals surface area contributed by atoms with E-state index in [4.69, 9.17) is 20.2 Å². The SMILES string of the molecule is COc1cc2nc(N3CCN(c4ccccc4)CC3)nc(N)c2cc1OC.Cl. The van der Waals surface area contributed by atoms with Gasteiger partial charge >= 0.3 is 0 Å². The topological polar surface area (TPSA) is 76.7 Å². The zero-order chi connectivity index (χ0) is 18.8. The number of hydrogen-bond donors (Lipinski definition) is 1. The number of hydrogen-bond acceptors (Lipinski definition) is 7. The number of benzene rings is 2. The van der Waals surface area contributed by atoms with Gasteiger partial charge in [-0.25, -0.2) is 4.98 Å². The van der Waals surface area contributed by atoms with Crippen LogP contribution in [0.15, 0.2) is 42.5 Å². The summed E-state index contributed by atoms with van der Waals surface area (Å²) in [7, 11) is 3.21. The number of anilines is 3. The van der Waals surface area contributed by atoms with Crippen LogP contribution in [0.3, 0.4) is 0 Å². The minimum absolute atomic E-state index is 0. The molecule has 1 aromatic heterocycles. The van der Waals surface area contributed by atoms with Crippen molar-refractivity contribution in [2.75, 3.05) is 55.9 Å². The van der Waals surface area contributed by atoms with E-state index in [1.165, 1.54) is 5.69 Å². The molecule has 1 aliphatic rings. The first kappa shape index (κ1) is 19.8. The molecule has 3 aromatic rings. The Balaban J connectivity index is 0.00000225. The molecule has 0 unspecified atom stereocenters. The smallest absolute Gasteiger partial charge is 0.228 e. The van der Waals surface area contributed by atoms with E-state index in [0.29, 0.717) is 23.3 Å². The molecule has 4 rings (SSSR count). The Morgan fingerprint density at radius 3 is 2.11 bits per heavy atom. The van der Waals surface area contributed by atoms with Crippen LogP contribution < -0.4 is 25.0 Å². The van der Waals surface area contributed by atoms with Crippen LogP contribution in [0.5, 0.6) is 11.5 Å². The third kappa shape index (κ3) is 3.71. The van der Waals surface area contributed by atoms with Crippen molar-refractivity contribution in [2.45, 2.75) is 0 Å². The van der Waals surface area contributed by atoms with Crippen molar-refractivity contribution in [3.05, 3.63) is 42.5 Å². The van der Waals surface area contributed by atoms with E-state index in [1.54, 1.807) is 14.2 Å². The summed E-state index contributed by atoms with van der Waals surface area (Å²) in [5, 5.41) is 0.763. The normalized spacial score (nSPS) is 13.9. The fraction of sp³-hybridized carbons (Fsp3) is 0.300. The van der Waals surface area contributed by atoms with Crippen molar-refractivity contribution in [3.8, 4) is 11.5 Å².